The van der Waals surface area contributed by atoms with Gasteiger partial charge in [-0.1, -0.05) is 131 Å². The first-order chi connectivity index (χ1) is 29.0. The van der Waals surface area contributed by atoms with Gasteiger partial charge in [-0.15, -0.1) is 47.5 Å². The van der Waals surface area contributed by atoms with E-state index in [9.17, 15) is 4.39 Å². The molecule has 8 heteroatoms. The first-order valence-corrected chi connectivity index (χ1v) is 20.4. The van der Waals surface area contributed by atoms with Gasteiger partial charge in [0.25, 0.3) is 0 Å². The van der Waals surface area contributed by atoms with Gasteiger partial charge in [0, 0.05) is 58.3 Å². The van der Waals surface area contributed by atoms with Crippen molar-refractivity contribution in [1.82, 2.24) is 19.9 Å². The Morgan fingerprint density at radius 2 is 1.42 bits per heavy atom. The standard InChI is InChI=1S/C37H40N3O2.C15H15FN.Ir/c1-19(2)23-15-26(20(3)4)32(27(16-23)21(5)6)36-40-28-14-13-25-31-22(7)11-12-24(33(31)41-34(25)35(28)42-36)29-17-30(37(8,9)10)39-18-38-29;1-15(2,3)12-6-9-14(17-10-12)11-4-7-13(16)8-5-11;/h11,13-21H,1-10H3;4,6-10H,1-3H3;/q2*-1;/i7D3;;. The van der Waals surface area contributed by atoms with E-state index < -0.39 is 6.85 Å². The quantitative estimate of drug-likeness (QED) is 0.155. The van der Waals surface area contributed by atoms with Crippen molar-refractivity contribution in [3.8, 4) is 34.0 Å². The number of aryl methyl sites for hydroxylation is 1. The third-order valence-corrected chi connectivity index (χ3v) is 10.8. The van der Waals surface area contributed by atoms with Gasteiger partial charge in [0.15, 0.2) is 11.2 Å². The molecule has 6 nitrogen and oxygen atoms in total. The molecule has 60 heavy (non-hydrogen) atoms. The molecule has 4 heterocycles. The first kappa shape index (κ1) is 40.4. The second-order valence-corrected chi connectivity index (χ2v) is 18.4. The summed E-state index contributed by atoms with van der Waals surface area (Å²) in [5.41, 5.74) is 11.6. The molecule has 0 N–H and O–H groups in total. The number of furan rings is 1. The van der Waals surface area contributed by atoms with E-state index in [-0.39, 0.29) is 54.2 Å². The van der Waals surface area contributed by atoms with Crippen LogP contribution in [0.2, 0.25) is 0 Å². The van der Waals surface area contributed by atoms with Gasteiger partial charge >= 0.3 is 0 Å². The molecule has 0 bridgehead atoms. The zero-order chi connectivity index (χ0) is 45.1. The van der Waals surface area contributed by atoms with Crippen molar-refractivity contribution in [2.24, 2.45) is 0 Å². The fourth-order valence-electron chi connectivity index (χ4n) is 7.23. The normalized spacial score (nSPS) is 13.1. The van der Waals surface area contributed by atoms with Crippen LogP contribution in [0.5, 0.6) is 0 Å². The van der Waals surface area contributed by atoms with Crippen molar-refractivity contribution in [1.29, 1.82) is 0 Å². The van der Waals surface area contributed by atoms with E-state index in [0.29, 0.717) is 56.1 Å². The van der Waals surface area contributed by atoms with E-state index in [2.05, 4.69) is 128 Å². The van der Waals surface area contributed by atoms with E-state index in [0.717, 1.165) is 22.5 Å². The second kappa shape index (κ2) is 17.1. The van der Waals surface area contributed by atoms with Crippen LogP contribution in [0.25, 0.3) is 67.0 Å². The molecule has 8 aromatic rings. The van der Waals surface area contributed by atoms with E-state index in [1.165, 1.54) is 46.8 Å². The number of benzene rings is 4. The minimum absolute atomic E-state index is 0. The van der Waals surface area contributed by atoms with Crippen LogP contribution in [-0.2, 0) is 30.9 Å². The molecular weight excluding hydrogens is 924 g/mol. The Balaban J connectivity index is 0.000000308. The number of aromatic nitrogens is 4. The molecule has 8 rings (SSSR count). The van der Waals surface area contributed by atoms with Crippen LogP contribution >= 0.6 is 0 Å². The summed E-state index contributed by atoms with van der Waals surface area (Å²) in [5, 5.41) is 1.15. The third-order valence-electron chi connectivity index (χ3n) is 10.8. The Bertz CT molecular complexity index is 2870. The van der Waals surface area contributed by atoms with Gasteiger partial charge in [-0.2, -0.15) is 0 Å². The number of hydrogen-bond donors (Lipinski definition) is 0. The van der Waals surface area contributed by atoms with Gasteiger partial charge in [0.2, 0.25) is 5.89 Å². The maximum atomic E-state index is 12.8. The molecular formula is C52H55FIrN4O2-2. The summed E-state index contributed by atoms with van der Waals surface area (Å²) >= 11 is 0. The maximum absolute atomic E-state index is 12.8. The smallest absolute Gasteiger partial charge is 0.228 e. The van der Waals surface area contributed by atoms with E-state index in [1.54, 1.807) is 6.07 Å². The van der Waals surface area contributed by atoms with Gasteiger partial charge in [-0.3, -0.25) is 9.37 Å². The van der Waals surface area contributed by atoms with Crippen molar-refractivity contribution >= 4 is 33.0 Å². The van der Waals surface area contributed by atoms with Crippen molar-refractivity contribution in [3.05, 3.63) is 131 Å². The average Bonchev–Trinajstić information content (AvgIpc) is 3.82. The van der Waals surface area contributed by atoms with Crippen LogP contribution in [-0.4, -0.2) is 19.9 Å². The van der Waals surface area contributed by atoms with Gasteiger partial charge < -0.3 is 13.8 Å². The number of oxazole rings is 1. The van der Waals surface area contributed by atoms with Gasteiger partial charge in [0.05, 0.1) is 5.58 Å². The van der Waals surface area contributed by atoms with Crippen molar-refractivity contribution in [2.75, 3.05) is 0 Å². The van der Waals surface area contributed by atoms with Gasteiger partial charge in [-0.25, -0.2) is 9.97 Å². The summed E-state index contributed by atoms with van der Waals surface area (Å²) in [7, 11) is 0. The fraction of sp³-hybridized carbons (Fsp3) is 0.346. The Hall–Kier alpha value is -5.04. The average molecular weight is 982 g/mol. The molecule has 0 fully saturated rings. The summed E-state index contributed by atoms with van der Waals surface area (Å²) < 4.78 is 51.0. The predicted octanol–water partition coefficient (Wildman–Crippen LogP) is 14.6. The third kappa shape index (κ3) is 8.87. The number of halogens is 1. The maximum Gasteiger partial charge on any atom is 0.228 e. The number of nitrogens with zero attached hydrogens (tertiary/aromatic N) is 4. The van der Waals surface area contributed by atoms with E-state index in [1.807, 2.05) is 30.5 Å². The minimum atomic E-state index is -2.38. The molecule has 1 radical (unpaired) electrons. The SMILES string of the molecule is CC(C)(C)c1ccc(-c2[c-]cc(F)cc2)nc1.[2H]C([2H])([2H])c1c[c-]c(-c2cc(C(C)(C)C)ncn2)c2oc3c(ccc4nc(-c5c(C(C)C)cc(C(C)C)cc5C(C)C)oc43)c12.[Ir]. The minimum Gasteiger partial charge on any atom is -0.497 e. The van der Waals surface area contributed by atoms with Crippen LogP contribution in [0.1, 0.15) is 138 Å². The number of pyridine rings is 1. The first-order valence-electron chi connectivity index (χ1n) is 21.9. The topological polar surface area (TPSA) is 77.8 Å². The largest absolute Gasteiger partial charge is 0.497 e. The molecule has 0 amide bonds. The van der Waals surface area contributed by atoms with E-state index >= 15 is 0 Å². The Morgan fingerprint density at radius 3 is 1.98 bits per heavy atom. The second-order valence-electron chi connectivity index (χ2n) is 18.4. The van der Waals surface area contributed by atoms with Crippen LogP contribution in [0.4, 0.5) is 4.39 Å². The van der Waals surface area contributed by atoms with Crippen molar-refractivity contribution < 1.29 is 37.4 Å². The Labute approximate surface area is 372 Å². The number of hydrogen-bond acceptors (Lipinski definition) is 6. The van der Waals surface area contributed by atoms with Crippen molar-refractivity contribution in [2.45, 2.75) is 119 Å². The molecule has 313 valence electrons. The summed E-state index contributed by atoms with van der Waals surface area (Å²) in [4.78, 5) is 18.4. The Kier molecular flexibility index (Phi) is 11.5. The van der Waals surface area contributed by atoms with Crippen LogP contribution in [0.3, 0.4) is 0 Å². The zero-order valence-corrected chi connectivity index (χ0v) is 38.9. The summed E-state index contributed by atoms with van der Waals surface area (Å²) in [5.74, 6) is 1.15. The summed E-state index contributed by atoms with van der Waals surface area (Å²) in [6.45, 7) is 23.5. The number of rotatable bonds is 6. The molecule has 4 aromatic heterocycles. The molecule has 0 aliphatic heterocycles. The van der Waals surface area contributed by atoms with Crippen LogP contribution in [0, 0.1) is 24.8 Å². The van der Waals surface area contributed by atoms with Crippen LogP contribution in [0.15, 0.2) is 88.1 Å². The molecule has 0 aliphatic rings. The Morgan fingerprint density at radius 1 is 0.700 bits per heavy atom. The summed E-state index contributed by atoms with van der Waals surface area (Å²) in [6, 6.07) is 26.3. The fourth-order valence-corrected chi connectivity index (χ4v) is 7.23. The van der Waals surface area contributed by atoms with Crippen molar-refractivity contribution in [3.63, 3.8) is 0 Å². The molecule has 0 aliphatic carbocycles. The molecule has 0 saturated carbocycles. The molecule has 0 unspecified atom stereocenters. The van der Waals surface area contributed by atoms with Gasteiger partial charge in [-0.05, 0) is 68.9 Å². The van der Waals surface area contributed by atoms with E-state index in [4.69, 9.17) is 17.9 Å². The molecule has 4 aromatic carbocycles. The molecule has 0 atom stereocenters. The molecule has 0 saturated heterocycles. The monoisotopic (exact) mass is 982 g/mol. The molecule has 0 spiro atoms. The number of fused-ring (bicyclic) bond motifs is 5. The zero-order valence-electron chi connectivity index (χ0n) is 39.6. The predicted molar refractivity (Wildman–Crippen MR) is 239 cm³/mol. The summed E-state index contributed by atoms with van der Waals surface area (Å²) in [6.07, 6.45) is 3.40. The van der Waals surface area contributed by atoms with Gasteiger partial charge in [0.1, 0.15) is 11.8 Å². The van der Waals surface area contributed by atoms with Crippen LogP contribution < -0.4 is 0 Å².